The van der Waals surface area contributed by atoms with Gasteiger partial charge in [0.25, 0.3) is 0 Å². The van der Waals surface area contributed by atoms with E-state index < -0.39 is 0 Å². The number of anilines is 1. The van der Waals surface area contributed by atoms with Crippen LogP contribution < -0.4 is 5.32 Å². The third-order valence-electron chi connectivity index (χ3n) is 4.32. The number of carbonyl (C=O) groups excluding carboxylic acids is 2. The largest absolute Gasteiger partial charge is 0.337 e. The minimum atomic E-state index is -0.310. The molecule has 1 aliphatic rings. The SMILES string of the molecule is CCCC(=O)N1CCc2c(sc(NC(=O)/C=C/c3ccccn3)c2C#N)C1. The van der Waals surface area contributed by atoms with Crippen LogP contribution in [0.25, 0.3) is 6.08 Å². The number of pyridine rings is 1. The van der Waals surface area contributed by atoms with Gasteiger partial charge in [0.2, 0.25) is 11.8 Å². The van der Waals surface area contributed by atoms with Gasteiger partial charge in [0.05, 0.1) is 17.8 Å². The maximum absolute atomic E-state index is 12.2. The monoisotopic (exact) mass is 380 g/mol. The number of fused-ring (bicyclic) bond motifs is 1. The number of hydrogen-bond acceptors (Lipinski definition) is 5. The Kier molecular flexibility index (Phi) is 5.99. The number of rotatable bonds is 5. The molecule has 0 unspecified atom stereocenters. The average molecular weight is 380 g/mol. The molecule has 0 aliphatic carbocycles. The maximum atomic E-state index is 12.2. The molecule has 0 fully saturated rings. The van der Waals surface area contributed by atoms with E-state index in [2.05, 4.69) is 16.4 Å². The normalized spacial score (nSPS) is 13.3. The van der Waals surface area contributed by atoms with Gasteiger partial charge in [-0.05, 0) is 36.6 Å². The van der Waals surface area contributed by atoms with Gasteiger partial charge in [0.1, 0.15) is 11.1 Å². The molecule has 0 aromatic carbocycles. The zero-order valence-corrected chi connectivity index (χ0v) is 15.9. The lowest BCUT2D eigenvalue weighted by atomic mass is 10.0. The highest BCUT2D eigenvalue weighted by molar-refractivity contribution is 7.16. The molecular formula is C20H20N4O2S. The molecule has 0 saturated carbocycles. The fourth-order valence-corrected chi connectivity index (χ4v) is 4.20. The number of amides is 2. The zero-order chi connectivity index (χ0) is 19.2. The summed E-state index contributed by atoms with van der Waals surface area (Å²) in [6, 6.07) is 7.66. The van der Waals surface area contributed by atoms with E-state index >= 15 is 0 Å². The van der Waals surface area contributed by atoms with Crippen LogP contribution in [-0.4, -0.2) is 28.2 Å². The molecule has 2 aromatic rings. The first-order chi connectivity index (χ1) is 13.1. The van der Waals surface area contributed by atoms with Crippen LogP contribution >= 0.6 is 11.3 Å². The van der Waals surface area contributed by atoms with Crippen LogP contribution in [0.4, 0.5) is 5.00 Å². The Morgan fingerprint density at radius 1 is 1.44 bits per heavy atom. The first kappa shape index (κ1) is 18.8. The minimum absolute atomic E-state index is 0.138. The molecule has 0 saturated heterocycles. The second-order valence-electron chi connectivity index (χ2n) is 6.21. The molecule has 1 aliphatic heterocycles. The van der Waals surface area contributed by atoms with Crippen molar-refractivity contribution >= 4 is 34.2 Å². The van der Waals surface area contributed by atoms with Crippen molar-refractivity contribution in [2.75, 3.05) is 11.9 Å². The number of nitrogens with zero attached hydrogens (tertiary/aromatic N) is 3. The average Bonchev–Trinajstić information content (AvgIpc) is 3.03. The Bertz CT molecular complexity index is 912. The molecule has 0 bridgehead atoms. The topological polar surface area (TPSA) is 86.1 Å². The van der Waals surface area contributed by atoms with Gasteiger partial charge in [0, 0.05) is 30.1 Å². The Labute approximate surface area is 162 Å². The van der Waals surface area contributed by atoms with Crippen molar-refractivity contribution in [1.82, 2.24) is 9.88 Å². The summed E-state index contributed by atoms with van der Waals surface area (Å²) in [7, 11) is 0. The molecule has 2 amide bonds. The summed E-state index contributed by atoms with van der Waals surface area (Å²) in [5.74, 6) is -0.173. The lowest BCUT2D eigenvalue weighted by molar-refractivity contribution is -0.132. The van der Waals surface area contributed by atoms with Gasteiger partial charge in [-0.3, -0.25) is 14.6 Å². The van der Waals surface area contributed by atoms with Crippen molar-refractivity contribution in [2.45, 2.75) is 32.7 Å². The van der Waals surface area contributed by atoms with Gasteiger partial charge in [0.15, 0.2) is 0 Å². The van der Waals surface area contributed by atoms with Gasteiger partial charge in [-0.2, -0.15) is 5.26 Å². The van der Waals surface area contributed by atoms with Crippen LogP contribution in [0.15, 0.2) is 30.5 Å². The van der Waals surface area contributed by atoms with Crippen molar-refractivity contribution in [3.8, 4) is 6.07 Å². The minimum Gasteiger partial charge on any atom is -0.337 e. The van der Waals surface area contributed by atoms with E-state index in [4.69, 9.17) is 0 Å². The molecule has 138 valence electrons. The molecule has 6 nitrogen and oxygen atoms in total. The van der Waals surface area contributed by atoms with Crippen molar-refractivity contribution in [3.63, 3.8) is 0 Å². The third-order valence-corrected chi connectivity index (χ3v) is 5.45. The lowest BCUT2D eigenvalue weighted by Crippen LogP contribution is -2.35. The molecule has 27 heavy (non-hydrogen) atoms. The summed E-state index contributed by atoms with van der Waals surface area (Å²) in [4.78, 5) is 31.3. The number of nitrogens with one attached hydrogen (secondary N) is 1. The molecule has 1 N–H and O–H groups in total. The Hall–Kier alpha value is -2.98. The van der Waals surface area contributed by atoms with Crippen molar-refractivity contribution in [3.05, 3.63) is 52.2 Å². The van der Waals surface area contributed by atoms with Gasteiger partial charge in [-0.1, -0.05) is 13.0 Å². The second-order valence-corrected chi connectivity index (χ2v) is 7.32. The smallest absolute Gasteiger partial charge is 0.249 e. The molecule has 2 aromatic heterocycles. The fourth-order valence-electron chi connectivity index (χ4n) is 2.98. The second kappa shape index (κ2) is 8.60. The van der Waals surface area contributed by atoms with E-state index in [1.807, 2.05) is 17.9 Å². The zero-order valence-electron chi connectivity index (χ0n) is 15.1. The van der Waals surface area contributed by atoms with Crippen LogP contribution in [0.3, 0.4) is 0 Å². The van der Waals surface area contributed by atoms with Crippen molar-refractivity contribution in [2.24, 2.45) is 0 Å². The van der Waals surface area contributed by atoms with Gasteiger partial charge < -0.3 is 10.2 Å². The highest BCUT2D eigenvalue weighted by atomic mass is 32.1. The Morgan fingerprint density at radius 3 is 3.00 bits per heavy atom. The number of aromatic nitrogens is 1. The van der Waals surface area contributed by atoms with E-state index in [1.54, 1.807) is 24.4 Å². The molecule has 3 heterocycles. The van der Waals surface area contributed by atoms with Gasteiger partial charge >= 0.3 is 0 Å². The molecule has 0 atom stereocenters. The summed E-state index contributed by atoms with van der Waals surface area (Å²) < 4.78 is 0. The highest BCUT2D eigenvalue weighted by Gasteiger charge is 2.26. The fraction of sp³-hybridized carbons (Fsp3) is 0.300. The Morgan fingerprint density at radius 2 is 2.30 bits per heavy atom. The van der Waals surface area contributed by atoms with Crippen molar-refractivity contribution in [1.29, 1.82) is 5.26 Å². The lowest BCUT2D eigenvalue weighted by Gasteiger charge is -2.26. The number of thiophene rings is 1. The standard InChI is InChI=1S/C20H20N4O2S/c1-2-5-19(26)24-11-9-15-16(12-21)20(27-17(15)13-24)23-18(25)8-7-14-6-3-4-10-22-14/h3-4,6-8,10H,2,5,9,11,13H2,1H3,(H,23,25)/b8-7+. The summed E-state index contributed by atoms with van der Waals surface area (Å²) in [5.41, 5.74) is 2.15. The van der Waals surface area contributed by atoms with E-state index in [1.165, 1.54) is 17.4 Å². The highest BCUT2D eigenvalue weighted by Crippen LogP contribution is 2.36. The van der Waals surface area contributed by atoms with E-state index in [0.717, 1.165) is 16.9 Å². The molecule has 7 heteroatoms. The van der Waals surface area contributed by atoms with Crippen molar-refractivity contribution < 1.29 is 9.59 Å². The van der Waals surface area contributed by atoms with Crippen LogP contribution in [-0.2, 0) is 22.6 Å². The van der Waals surface area contributed by atoms with Crippen LogP contribution in [0.2, 0.25) is 0 Å². The third kappa shape index (κ3) is 4.41. The predicted molar refractivity (Wildman–Crippen MR) is 105 cm³/mol. The quantitative estimate of drug-likeness (QED) is 0.806. The Balaban J connectivity index is 1.74. The number of carbonyl (C=O) groups is 2. The summed E-state index contributed by atoms with van der Waals surface area (Å²) in [5, 5.41) is 12.9. The van der Waals surface area contributed by atoms with Crippen LogP contribution in [0.5, 0.6) is 0 Å². The number of nitriles is 1. The summed E-state index contributed by atoms with van der Waals surface area (Å²) in [6.07, 6.45) is 6.68. The van der Waals surface area contributed by atoms with Gasteiger partial charge in [-0.25, -0.2) is 0 Å². The predicted octanol–water partition coefficient (Wildman–Crippen LogP) is 3.35. The first-order valence-electron chi connectivity index (χ1n) is 8.85. The van der Waals surface area contributed by atoms with Crippen LogP contribution in [0, 0.1) is 11.3 Å². The van der Waals surface area contributed by atoms with E-state index in [-0.39, 0.29) is 11.8 Å². The van der Waals surface area contributed by atoms with Gasteiger partial charge in [-0.15, -0.1) is 11.3 Å². The van der Waals surface area contributed by atoms with E-state index in [0.29, 0.717) is 42.2 Å². The molecule has 0 spiro atoms. The summed E-state index contributed by atoms with van der Waals surface area (Å²) >= 11 is 1.38. The summed E-state index contributed by atoms with van der Waals surface area (Å²) in [6.45, 7) is 3.11. The maximum Gasteiger partial charge on any atom is 0.249 e. The van der Waals surface area contributed by atoms with E-state index in [9.17, 15) is 14.9 Å². The number of hydrogen-bond donors (Lipinski definition) is 1. The molecule has 3 rings (SSSR count). The molecule has 0 radical (unpaired) electrons. The first-order valence-corrected chi connectivity index (χ1v) is 9.66. The molecular weight excluding hydrogens is 360 g/mol. The van der Waals surface area contributed by atoms with Crippen LogP contribution in [0.1, 0.15) is 41.5 Å².